The van der Waals surface area contributed by atoms with Crippen LogP contribution in [0.15, 0.2) is 30.3 Å². The second-order valence-electron chi connectivity index (χ2n) is 9.63. The van der Waals surface area contributed by atoms with Crippen LogP contribution in [0.1, 0.15) is 34.5 Å². The minimum absolute atomic E-state index is 0.108. The molecule has 12 nitrogen and oxygen atoms in total. The molecule has 5 heterocycles. The van der Waals surface area contributed by atoms with E-state index >= 15 is 0 Å². The van der Waals surface area contributed by atoms with Crippen molar-refractivity contribution >= 4 is 29.6 Å². The van der Waals surface area contributed by atoms with Crippen LogP contribution in [0.4, 0.5) is 10.6 Å². The van der Waals surface area contributed by atoms with Crippen LogP contribution < -0.4 is 25.0 Å². The van der Waals surface area contributed by atoms with Gasteiger partial charge in [-0.1, -0.05) is 6.07 Å². The smallest absolute Gasteiger partial charge is 0.322 e. The Balaban J connectivity index is 1.28. The molecular formula is C25H25N5O7. The Morgan fingerprint density at radius 3 is 2.78 bits per heavy atom. The lowest BCUT2D eigenvalue weighted by Gasteiger charge is -2.34. The van der Waals surface area contributed by atoms with Crippen molar-refractivity contribution in [3.05, 3.63) is 47.2 Å². The van der Waals surface area contributed by atoms with Crippen LogP contribution in [0.5, 0.6) is 11.5 Å². The summed E-state index contributed by atoms with van der Waals surface area (Å²) in [5.74, 6) is 0.386. The number of carbonyl (C=O) groups excluding carboxylic acids is 4. The number of amides is 5. The van der Waals surface area contributed by atoms with Gasteiger partial charge in [-0.3, -0.25) is 24.6 Å². The third-order valence-corrected chi connectivity index (χ3v) is 7.50. The second kappa shape index (κ2) is 8.44. The van der Waals surface area contributed by atoms with Crippen molar-refractivity contribution < 1.29 is 33.8 Å². The van der Waals surface area contributed by atoms with Crippen LogP contribution in [0.25, 0.3) is 0 Å². The molecule has 1 aromatic heterocycles. The molecule has 0 aliphatic carbocycles. The standard InChI is InChI=1S/C25H25N5O7/c1-36-15-4-2-13-10-29(22(33)16(13)8-15)12-25(23(34)27-24(35)28-25)19-9-17-18(37-19)5-6-20(26-17)30-14(11-31)3-7-21(30)32/h2,4-6,8,14,19,31H,3,7,9-12H2,1H3,(H2,27,28,34,35)/t14-,19?,25-/m0/s1. The third kappa shape index (κ3) is 3.58. The number of pyridine rings is 1. The van der Waals surface area contributed by atoms with E-state index in [2.05, 4.69) is 15.6 Å². The van der Waals surface area contributed by atoms with E-state index in [-0.39, 0.29) is 44.0 Å². The normalized spacial score (nSPS) is 26.2. The Labute approximate surface area is 211 Å². The molecular weight excluding hydrogens is 482 g/mol. The Morgan fingerprint density at radius 1 is 1.22 bits per heavy atom. The predicted octanol–water partition coefficient (Wildman–Crippen LogP) is 0.116. The maximum absolute atomic E-state index is 13.2. The van der Waals surface area contributed by atoms with Crippen molar-refractivity contribution in [2.24, 2.45) is 0 Å². The van der Waals surface area contributed by atoms with Crippen LogP contribution in [0.3, 0.4) is 0 Å². The maximum Gasteiger partial charge on any atom is 0.322 e. The van der Waals surface area contributed by atoms with E-state index in [9.17, 15) is 24.3 Å². The van der Waals surface area contributed by atoms with Gasteiger partial charge in [0.05, 0.1) is 32.0 Å². The molecule has 4 aliphatic rings. The van der Waals surface area contributed by atoms with Gasteiger partial charge in [0.15, 0.2) is 5.54 Å². The van der Waals surface area contributed by atoms with Crippen molar-refractivity contribution in [1.29, 1.82) is 0 Å². The first kappa shape index (κ1) is 23.2. The zero-order valence-electron chi connectivity index (χ0n) is 20.0. The molecule has 192 valence electrons. The van der Waals surface area contributed by atoms with Gasteiger partial charge < -0.3 is 24.8 Å². The highest BCUT2D eigenvalue weighted by atomic mass is 16.5. The lowest BCUT2D eigenvalue weighted by Crippen LogP contribution is -2.64. The summed E-state index contributed by atoms with van der Waals surface area (Å²) in [7, 11) is 1.52. The fourth-order valence-corrected chi connectivity index (χ4v) is 5.58. The fourth-order valence-electron chi connectivity index (χ4n) is 5.58. The Bertz CT molecular complexity index is 1350. The van der Waals surface area contributed by atoms with Gasteiger partial charge in [-0.05, 0) is 36.2 Å². The van der Waals surface area contributed by atoms with Crippen molar-refractivity contribution in [3.8, 4) is 11.5 Å². The van der Waals surface area contributed by atoms with Gasteiger partial charge in [-0.2, -0.15) is 0 Å². The first-order chi connectivity index (χ1) is 17.8. The van der Waals surface area contributed by atoms with Crippen LogP contribution in [0.2, 0.25) is 0 Å². The highest BCUT2D eigenvalue weighted by Gasteiger charge is 2.57. The summed E-state index contributed by atoms with van der Waals surface area (Å²) in [5.41, 5.74) is 0.251. The van der Waals surface area contributed by atoms with E-state index in [1.165, 1.54) is 16.9 Å². The molecule has 2 saturated heterocycles. The number of benzene rings is 1. The topological polar surface area (TPSA) is 150 Å². The summed E-state index contributed by atoms with van der Waals surface area (Å²) in [6.45, 7) is -0.00900. The number of aliphatic hydroxyl groups is 1. The van der Waals surface area contributed by atoms with Crippen molar-refractivity contribution in [3.63, 3.8) is 0 Å². The van der Waals surface area contributed by atoms with E-state index in [0.717, 1.165) is 5.56 Å². The number of anilines is 1. The van der Waals surface area contributed by atoms with Gasteiger partial charge in [0.25, 0.3) is 11.8 Å². The van der Waals surface area contributed by atoms with Gasteiger partial charge >= 0.3 is 6.03 Å². The molecule has 0 saturated carbocycles. The zero-order valence-corrected chi connectivity index (χ0v) is 20.0. The molecule has 0 bridgehead atoms. The number of nitrogens with zero attached hydrogens (tertiary/aromatic N) is 3. The molecule has 1 aromatic carbocycles. The van der Waals surface area contributed by atoms with Crippen LogP contribution >= 0.6 is 0 Å². The summed E-state index contributed by atoms with van der Waals surface area (Å²) in [6, 6.07) is 7.52. The molecule has 4 aliphatic heterocycles. The first-order valence-corrected chi connectivity index (χ1v) is 12.0. The summed E-state index contributed by atoms with van der Waals surface area (Å²) < 4.78 is 11.4. The quantitative estimate of drug-likeness (QED) is 0.467. The highest BCUT2D eigenvalue weighted by molar-refractivity contribution is 6.08. The Hall–Kier alpha value is -4.19. The van der Waals surface area contributed by atoms with E-state index in [0.29, 0.717) is 41.4 Å². The molecule has 6 rings (SSSR count). The predicted molar refractivity (Wildman–Crippen MR) is 127 cm³/mol. The van der Waals surface area contributed by atoms with E-state index in [1.54, 1.807) is 30.3 Å². The van der Waals surface area contributed by atoms with Gasteiger partial charge in [-0.15, -0.1) is 0 Å². The number of nitrogens with one attached hydrogen (secondary N) is 2. The molecule has 0 radical (unpaired) electrons. The van der Waals surface area contributed by atoms with E-state index in [4.69, 9.17) is 9.47 Å². The molecule has 3 atom stereocenters. The Kier molecular flexibility index (Phi) is 5.30. The third-order valence-electron chi connectivity index (χ3n) is 7.50. The number of aromatic nitrogens is 1. The number of imide groups is 1. The average Bonchev–Trinajstić information content (AvgIpc) is 3.63. The SMILES string of the molecule is COc1ccc2c(c1)C(=O)N(C[C@@]1(C3Cc4nc(N5C(=O)CC[C@H]5CO)ccc4O3)NC(=O)NC1=O)C2. The van der Waals surface area contributed by atoms with E-state index < -0.39 is 23.6 Å². The molecule has 12 heteroatoms. The number of carbonyl (C=O) groups is 4. The molecule has 5 amide bonds. The van der Waals surface area contributed by atoms with Crippen molar-refractivity contribution in [1.82, 2.24) is 20.5 Å². The summed E-state index contributed by atoms with van der Waals surface area (Å²) in [4.78, 5) is 58.7. The number of ether oxygens (including phenoxy) is 2. The monoisotopic (exact) mass is 507 g/mol. The number of rotatable bonds is 6. The molecule has 0 spiro atoms. The Morgan fingerprint density at radius 2 is 2.05 bits per heavy atom. The minimum Gasteiger partial charge on any atom is -0.497 e. The molecule has 1 unspecified atom stereocenters. The van der Waals surface area contributed by atoms with Crippen LogP contribution in [0, 0.1) is 0 Å². The van der Waals surface area contributed by atoms with Crippen LogP contribution in [-0.4, -0.2) is 76.7 Å². The maximum atomic E-state index is 13.2. The van der Waals surface area contributed by atoms with E-state index in [1.807, 2.05) is 0 Å². The van der Waals surface area contributed by atoms with Crippen LogP contribution in [-0.2, 0) is 22.6 Å². The number of fused-ring (bicyclic) bond motifs is 2. The second-order valence-corrected chi connectivity index (χ2v) is 9.63. The van der Waals surface area contributed by atoms with Crippen molar-refractivity contribution in [2.75, 3.05) is 25.2 Å². The summed E-state index contributed by atoms with van der Waals surface area (Å²) in [6.07, 6.45) is 0.202. The average molecular weight is 508 g/mol. The van der Waals surface area contributed by atoms with Gasteiger partial charge in [0.2, 0.25) is 5.91 Å². The van der Waals surface area contributed by atoms with Gasteiger partial charge in [-0.25, -0.2) is 9.78 Å². The number of hydrogen-bond donors (Lipinski definition) is 3. The zero-order chi connectivity index (χ0) is 25.9. The number of urea groups is 1. The lowest BCUT2D eigenvalue weighted by molar-refractivity contribution is -0.127. The largest absolute Gasteiger partial charge is 0.497 e. The first-order valence-electron chi connectivity index (χ1n) is 12.0. The molecule has 2 fully saturated rings. The van der Waals surface area contributed by atoms with Gasteiger partial charge in [0.1, 0.15) is 23.4 Å². The molecule has 37 heavy (non-hydrogen) atoms. The molecule has 3 N–H and O–H groups in total. The minimum atomic E-state index is -1.54. The van der Waals surface area contributed by atoms with Gasteiger partial charge in [0, 0.05) is 24.9 Å². The molecule has 2 aromatic rings. The van der Waals surface area contributed by atoms with Crippen molar-refractivity contribution in [2.45, 2.75) is 43.5 Å². The lowest BCUT2D eigenvalue weighted by atomic mass is 9.89. The highest BCUT2D eigenvalue weighted by Crippen LogP contribution is 2.38. The number of aliphatic hydroxyl groups excluding tert-OH is 1. The number of hydrogen-bond acceptors (Lipinski definition) is 8. The summed E-state index contributed by atoms with van der Waals surface area (Å²) >= 11 is 0. The summed E-state index contributed by atoms with van der Waals surface area (Å²) in [5, 5.41) is 14.7. The fraction of sp³-hybridized carbons (Fsp3) is 0.400. The number of methoxy groups -OCH3 is 1.